The van der Waals surface area contributed by atoms with Gasteiger partial charge in [-0.15, -0.1) is 11.3 Å². The van der Waals surface area contributed by atoms with E-state index in [1.807, 2.05) is 17.5 Å². The van der Waals surface area contributed by atoms with Crippen LogP contribution in [0.15, 0.2) is 40.3 Å². The molecule has 1 amide bonds. The summed E-state index contributed by atoms with van der Waals surface area (Å²) in [5.74, 6) is -1.43. The number of rotatable bonds is 5. The lowest BCUT2D eigenvalue weighted by Gasteiger charge is -2.12. The molecule has 0 saturated heterocycles. The Balaban J connectivity index is 1.76. The summed E-state index contributed by atoms with van der Waals surface area (Å²) >= 11 is 1.52. The normalized spacial score (nSPS) is 10.6. The highest BCUT2D eigenvalue weighted by Crippen LogP contribution is 2.27. The number of oxazole rings is 1. The van der Waals surface area contributed by atoms with Crippen LogP contribution in [-0.4, -0.2) is 10.9 Å². The molecule has 2 heterocycles. The Kier molecular flexibility index (Phi) is 4.57. The Morgan fingerprint density at radius 2 is 2.04 bits per heavy atom. The van der Waals surface area contributed by atoms with Gasteiger partial charge >= 0.3 is 0 Å². The van der Waals surface area contributed by atoms with Crippen LogP contribution in [0.2, 0.25) is 0 Å². The lowest BCUT2D eigenvalue weighted by molar-refractivity contribution is -0.114. The molecule has 0 saturated carbocycles. The highest BCUT2D eigenvalue weighted by atomic mass is 32.1. The number of nitrogens with zero attached hydrogens (tertiary/aromatic N) is 1. The van der Waals surface area contributed by atoms with Crippen LogP contribution in [-0.2, 0) is 11.3 Å². The Labute approximate surface area is 140 Å². The number of aromatic nitrogens is 1. The number of carbonyl (C=O) groups excluding carboxylic acids is 1. The molecule has 3 rings (SSSR count). The number of nitrogens with one attached hydrogen (secondary N) is 2. The van der Waals surface area contributed by atoms with Gasteiger partial charge in [0, 0.05) is 19.1 Å². The van der Waals surface area contributed by atoms with Gasteiger partial charge in [-0.25, -0.2) is 13.8 Å². The SMILES string of the molecule is CC(=O)Nc1cc(F)c(F)cc1NCc1ncc(-c2cccs2)o1. The molecule has 8 heteroatoms. The van der Waals surface area contributed by atoms with Crippen LogP contribution in [0.25, 0.3) is 10.6 Å². The zero-order valence-corrected chi connectivity index (χ0v) is 13.4. The number of hydrogen-bond donors (Lipinski definition) is 2. The van der Waals surface area contributed by atoms with E-state index >= 15 is 0 Å². The topological polar surface area (TPSA) is 67.2 Å². The summed E-state index contributed by atoms with van der Waals surface area (Å²) in [5.41, 5.74) is 0.381. The summed E-state index contributed by atoms with van der Waals surface area (Å²) in [5, 5.41) is 7.26. The summed E-state index contributed by atoms with van der Waals surface area (Å²) in [7, 11) is 0. The van der Waals surface area contributed by atoms with Crippen LogP contribution in [0.1, 0.15) is 12.8 Å². The summed E-state index contributed by atoms with van der Waals surface area (Å²) in [6, 6.07) is 5.71. The quantitative estimate of drug-likeness (QED) is 0.722. The van der Waals surface area contributed by atoms with Gasteiger partial charge in [-0.05, 0) is 11.4 Å². The maximum atomic E-state index is 13.4. The van der Waals surface area contributed by atoms with Gasteiger partial charge in [-0.1, -0.05) is 6.07 Å². The van der Waals surface area contributed by atoms with Crippen molar-refractivity contribution in [1.29, 1.82) is 0 Å². The van der Waals surface area contributed by atoms with E-state index in [2.05, 4.69) is 15.6 Å². The van der Waals surface area contributed by atoms with Gasteiger partial charge in [-0.2, -0.15) is 0 Å². The van der Waals surface area contributed by atoms with E-state index in [0.717, 1.165) is 17.0 Å². The molecule has 0 spiro atoms. The molecule has 0 radical (unpaired) electrons. The van der Waals surface area contributed by atoms with Crippen molar-refractivity contribution in [2.45, 2.75) is 13.5 Å². The highest BCUT2D eigenvalue weighted by molar-refractivity contribution is 7.13. The van der Waals surface area contributed by atoms with Crippen LogP contribution in [0.3, 0.4) is 0 Å². The average molecular weight is 349 g/mol. The van der Waals surface area contributed by atoms with Crippen LogP contribution < -0.4 is 10.6 Å². The van der Waals surface area contributed by atoms with Crippen molar-refractivity contribution in [2.24, 2.45) is 0 Å². The second-order valence-electron chi connectivity index (χ2n) is 4.94. The van der Waals surface area contributed by atoms with Gasteiger partial charge in [0.05, 0.1) is 29.0 Å². The molecular formula is C16H13F2N3O2S. The maximum Gasteiger partial charge on any atom is 0.221 e. The number of carbonyl (C=O) groups is 1. The number of halogens is 2. The average Bonchev–Trinajstić information content (AvgIpc) is 3.19. The summed E-state index contributed by atoms with van der Waals surface area (Å²) < 4.78 is 32.4. The second-order valence-corrected chi connectivity index (χ2v) is 5.89. The molecule has 0 atom stereocenters. The van der Waals surface area contributed by atoms with Gasteiger partial charge in [-0.3, -0.25) is 4.79 Å². The van der Waals surface area contributed by atoms with Crippen molar-refractivity contribution < 1.29 is 18.0 Å². The van der Waals surface area contributed by atoms with Crippen molar-refractivity contribution in [3.8, 4) is 10.6 Å². The zero-order valence-electron chi connectivity index (χ0n) is 12.6. The smallest absolute Gasteiger partial charge is 0.221 e. The minimum Gasteiger partial charge on any atom is -0.438 e. The Bertz CT molecular complexity index is 862. The van der Waals surface area contributed by atoms with Gasteiger partial charge in [0.25, 0.3) is 0 Å². The molecule has 0 fully saturated rings. The van der Waals surface area contributed by atoms with Crippen molar-refractivity contribution in [3.63, 3.8) is 0 Å². The fourth-order valence-electron chi connectivity index (χ4n) is 2.08. The molecule has 2 N–H and O–H groups in total. The summed E-state index contributed by atoms with van der Waals surface area (Å²) in [4.78, 5) is 16.3. The number of hydrogen-bond acceptors (Lipinski definition) is 5. The first-order chi connectivity index (χ1) is 11.5. The standard InChI is InChI=1S/C16H13F2N3O2S/c1-9(22)21-13-6-11(18)10(17)5-12(13)19-8-16-20-7-14(23-16)15-3-2-4-24-15/h2-7,19H,8H2,1H3,(H,21,22). The van der Waals surface area contributed by atoms with Gasteiger partial charge in [0.1, 0.15) is 0 Å². The third-order valence-corrected chi connectivity index (χ3v) is 4.00. The molecule has 24 heavy (non-hydrogen) atoms. The molecule has 0 aliphatic carbocycles. The molecule has 0 bridgehead atoms. The Morgan fingerprint density at radius 1 is 1.29 bits per heavy atom. The van der Waals surface area contributed by atoms with Gasteiger partial charge in [0.15, 0.2) is 17.4 Å². The van der Waals surface area contributed by atoms with E-state index in [9.17, 15) is 13.6 Å². The molecule has 5 nitrogen and oxygen atoms in total. The van der Waals surface area contributed by atoms with E-state index in [0.29, 0.717) is 11.7 Å². The van der Waals surface area contributed by atoms with Crippen molar-refractivity contribution in [2.75, 3.05) is 10.6 Å². The van der Waals surface area contributed by atoms with Crippen molar-refractivity contribution in [1.82, 2.24) is 4.98 Å². The predicted octanol–water partition coefficient (Wildman–Crippen LogP) is 4.25. The maximum absolute atomic E-state index is 13.4. The number of amides is 1. The van der Waals surface area contributed by atoms with Crippen molar-refractivity contribution >= 4 is 28.6 Å². The van der Waals surface area contributed by atoms with Crippen LogP contribution >= 0.6 is 11.3 Å². The lowest BCUT2D eigenvalue weighted by atomic mass is 10.2. The molecule has 0 aliphatic rings. The molecule has 3 aromatic rings. The van der Waals surface area contributed by atoms with Crippen LogP contribution in [0, 0.1) is 11.6 Å². The van der Waals surface area contributed by atoms with E-state index < -0.39 is 11.6 Å². The zero-order chi connectivity index (χ0) is 17.1. The van der Waals surface area contributed by atoms with Gasteiger partial charge < -0.3 is 15.1 Å². The first kappa shape index (κ1) is 16.1. The van der Waals surface area contributed by atoms with E-state index in [1.165, 1.54) is 18.3 Å². The molecule has 0 unspecified atom stereocenters. The molecule has 2 aromatic heterocycles. The fourth-order valence-corrected chi connectivity index (χ4v) is 2.75. The van der Waals surface area contributed by atoms with Crippen molar-refractivity contribution in [3.05, 3.63) is 53.4 Å². The van der Waals surface area contributed by atoms with E-state index in [4.69, 9.17) is 4.42 Å². The van der Waals surface area contributed by atoms with E-state index in [1.54, 1.807) is 6.20 Å². The summed E-state index contributed by atoms with van der Waals surface area (Å²) in [6.07, 6.45) is 1.60. The molecular weight excluding hydrogens is 336 g/mol. The highest BCUT2D eigenvalue weighted by Gasteiger charge is 2.12. The number of benzene rings is 1. The molecule has 0 aliphatic heterocycles. The predicted molar refractivity (Wildman–Crippen MR) is 87.8 cm³/mol. The second kappa shape index (κ2) is 6.79. The Hall–Kier alpha value is -2.74. The third kappa shape index (κ3) is 3.60. The van der Waals surface area contributed by atoms with Gasteiger partial charge in [0.2, 0.25) is 11.8 Å². The monoisotopic (exact) mass is 349 g/mol. The molecule has 1 aromatic carbocycles. The van der Waals surface area contributed by atoms with Crippen LogP contribution in [0.4, 0.5) is 20.2 Å². The minimum absolute atomic E-state index is 0.145. The van der Waals surface area contributed by atoms with E-state index in [-0.39, 0.29) is 23.8 Å². The first-order valence-corrected chi connectivity index (χ1v) is 7.90. The number of anilines is 2. The first-order valence-electron chi connectivity index (χ1n) is 7.02. The minimum atomic E-state index is -1.04. The fraction of sp³-hybridized carbons (Fsp3) is 0.125. The number of thiophene rings is 1. The Morgan fingerprint density at radius 3 is 2.71 bits per heavy atom. The lowest BCUT2D eigenvalue weighted by Crippen LogP contribution is -2.10. The third-order valence-electron chi connectivity index (χ3n) is 3.12. The van der Waals surface area contributed by atoms with Crippen LogP contribution in [0.5, 0.6) is 0 Å². The summed E-state index contributed by atoms with van der Waals surface area (Å²) in [6.45, 7) is 1.44. The largest absolute Gasteiger partial charge is 0.438 e. The molecule has 124 valence electrons.